The molecule has 0 aliphatic carbocycles. The highest BCUT2D eigenvalue weighted by Crippen LogP contribution is 2.32. The third-order valence-corrected chi connectivity index (χ3v) is 4.16. The third kappa shape index (κ3) is 4.39. The molecule has 0 atom stereocenters. The molecular weight excluding hydrogens is 374 g/mol. The average molecular weight is 391 g/mol. The number of carbonyl (C=O) groups is 1. The van der Waals surface area contributed by atoms with Gasteiger partial charge in [0.2, 0.25) is 0 Å². The van der Waals surface area contributed by atoms with Crippen molar-refractivity contribution in [1.82, 2.24) is 15.1 Å². The molecule has 1 amide bonds. The second-order valence-electron chi connectivity index (χ2n) is 6.12. The SMILES string of the molecule is CCn1nc(C(=O)NCc2ccc(F)cc2)cc1-c1cccc(C(F)(F)F)c1. The Balaban J connectivity index is 1.82. The highest BCUT2D eigenvalue weighted by atomic mass is 19.4. The monoisotopic (exact) mass is 391 g/mol. The van der Waals surface area contributed by atoms with E-state index in [9.17, 15) is 22.4 Å². The Morgan fingerprint density at radius 2 is 1.82 bits per heavy atom. The van der Waals surface area contributed by atoms with Crippen LogP contribution in [0.2, 0.25) is 0 Å². The number of amides is 1. The van der Waals surface area contributed by atoms with Gasteiger partial charge in [0.15, 0.2) is 5.69 Å². The molecule has 0 saturated carbocycles. The number of hydrogen-bond acceptors (Lipinski definition) is 2. The van der Waals surface area contributed by atoms with Crippen molar-refractivity contribution in [2.24, 2.45) is 0 Å². The van der Waals surface area contributed by atoms with Gasteiger partial charge in [0.1, 0.15) is 5.82 Å². The van der Waals surface area contributed by atoms with Crippen molar-refractivity contribution in [3.63, 3.8) is 0 Å². The fourth-order valence-corrected chi connectivity index (χ4v) is 2.73. The third-order valence-electron chi connectivity index (χ3n) is 4.16. The second-order valence-corrected chi connectivity index (χ2v) is 6.12. The number of carbonyl (C=O) groups excluding carboxylic acids is 1. The van der Waals surface area contributed by atoms with E-state index in [1.165, 1.54) is 28.9 Å². The van der Waals surface area contributed by atoms with Crippen LogP contribution in [0.4, 0.5) is 17.6 Å². The lowest BCUT2D eigenvalue weighted by atomic mass is 10.1. The topological polar surface area (TPSA) is 46.9 Å². The van der Waals surface area contributed by atoms with Gasteiger partial charge in [0.25, 0.3) is 5.91 Å². The minimum absolute atomic E-state index is 0.0939. The summed E-state index contributed by atoms with van der Waals surface area (Å²) in [5.74, 6) is -0.841. The Bertz CT molecular complexity index is 978. The van der Waals surface area contributed by atoms with Crippen molar-refractivity contribution in [3.05, 3.63) is 77.2 Å². The highest BCUT2D eigenvalue weighted by molar-refractivity contribution is 5.93. The van der Waals surface area contributed by atoms with Crippen LogP contribution in [0.15, 0.2) is 54.6 Å². The Labute approximate surface area is 158 Å². The molecule has 3 aromatic rings. The molecule has 1 heterocycles. The average Bonchev–Trinajstić information content (AvgIpc) is 3.11. The molecule has 0 fully saturated rings. The number of rotatable bonds is 5. The fraction of sp³-hybridized carbons (Fsp3) is 0.200. The zero-order chi connectivity index (χ0) is 20.3. The largest absolute Gasteiger partial charge is 0.416 e. The molecule has 0 aliphatic rings. The van der Waals surface area contributed by atoms with E-state index < -0.39 is 17.6 Å². The van der Waals surface area contributed by atoms with E-state index in [-0.39, 0.29) is 18.1 Å². The number of nitrogens with zero attached hydrogens (tertiary/aromatic N) is 2. The van der Waals surface area contributed by atoms with Crippen LogP contribution in [0.5, 0.6) is 0 Å². The van der Waals surface area contributed by atoms with Crippen LogP contribution in [-0.4, -0.2) is 15.7 Å². The number of nitrogens with one attached hydrogen (secondary N) is 1. The summed E-state index contributed by atoms with van der Waals surface area (Å²) < 4.78 is 53.3. The smallest absolute Gasteiger partial charge is 0.347 e. The van der Waals surface area contributed by atoms with Gasteiger partial charge in [-0.25, -0.2) is 4.39 Å². The minimum Gasteiger partial charge on any atom is -0.347 e. The van der Waals surface area contributed by atoms with Gasteiger partial charge in [0.05, 0.1) is 11.3 Å². The van der Waals surface area contributed by atoms with E-state index in [4.69, 9.17) is 0 Å². The molecule has 0 bridgehead atoms. The Hall–Kier alpha value is -3.16. The molecule has 0 spiro atoms. The van der Waals surface area contributed by atoms with Crippen molar-refractivity contribution in [3.8, 4) is 11.3 Å². The molecule has 0 saturated heterocycles. The van der Waals surface area contributed by atoms with Crippen LogP contribution >= 0.6 is 0 Å². The van der Waals surface area contributed by atoms with Crippen molar-refractivity contribution in [2.75, 3.05) is 0 Å². The molecule has 146 valence electrons. The molecule has 0 radical (unpaired) electrons. The first-order valence-electron chi connectivity index (χ1n) is 8.56. The first-order chi connectivity index (χ1) is 13.3. The Kier molecular flexibility index (Phi) is 5.48. The molecule has 1 aromatic heterocycles. The standard InChI is InChI=1S/C20H17F4N3O/c1-2-27-18(14-4-3-5-15(10-14)20(22,23)24)11-17(26-27)19(28)25-12-13-6-8-16(21)9-7-13/h3-11H,2,12H2,1H3,(H,25,28). The van der Waals surface area contributed by atoms with Crippen molar-refractivity contribution < 1.29 is 22.4 Å². The summed E-state index contributed by atoms with van der Waals surface area (Å²) in [4.78, 5) is 12.4. The van der Waals surface area contributed by atoms with E-state index in [0.29, 0.717) is 23.4 Å². The van der Waals surface area contributed by atoms with Gasteiger partial charge in [-0.2, -0.15) is 18.3 Å². The Morgan fingerprint density at radius 3 is 2.46 bits per heavy atom. The molecule has 3 rings (SSSR count). The van der Waals surface area contributed by atoms with Crippen LogP contribution in [-0.2, 0) is 19.3 Å². The number of aryl methyl sites for hydroxylation is 1. The predicted molar refractivity (Wildman–Crippen MR) is 95.9 cm³/mol. The summed E-state index contributed by atoms with van der Waals surface area (Å²) in [6.07, 6.45) is -4.46. The van der Waals surface area contributed by atoms with Crippen LogP contribution in [0.25, 0.3) is 11.3 Å². The zero-order valence-electron chi connectivity index (χ0n) is 14.9. The van der Waals surface area contributed by atoms with Gasteiger partial charge in [-0.15, -0.1) is 0 Å². The van der Waals surface area contributed by atoms with Crippen LogP contribution in [0.1, 0.15) is 28.5 Å². The number of alkyl halides is 3. The summed E-state index contributed by atoms with van der Waals surface area (Å²) in [5, 5.41) is 6.86. The molecule has 2 aromatic carbocycles. The van der Waals surface area contributed by atoms with Crippen LogP contribution in [0.3, 0.4) is 0 Å². The zero-order valence-corrected chi connectivity index (χ0v) is 14.9. The van der Waals surface area contributed by atoms with E-state index in [0.717, 1.165) is 12.1 Å². The first kappa shape index (κ1) is 19.6. The lowest BCUT2D eigenvalue weighted by Gasteiger charge is -2.09. The normalized spacial score (nSPS) is 11.5. The Morgan fingerprint density at radius 1 is 1.11 bits per heavy atom. The number of hydrogen-bond donors (Lipinski definition) is 1. The lowest BCUT2D eigenvalue weighted by Crippen LogP contribution is -2.23. The molecule has 8 heteroatoms. The van der Waals surface area contributed by atoms with Crippen molar-refractivity contribution >= 4 is 5.91 Å². The predicted octanol–water partition coefficient (Wildman–Crippen LogP) is 4.66. The molecule has 1 N–H and O–H groups in total. The number of aromatic nitrogens is 2. The molecule has 0 aliphatic heterocycles. The van der Waals surface area contributed by atoms with Gasteiger partial charge in [-0.3, -0.25) is 9.48 Å². The fourth-order valence-electron chi connectivity index (χ4n) is 2.73. The summed E-state index contributed by atoms with van der Waals surface area (Å²) in [5.41, 5.74) is 0.776. The highest BCUT2D eigenvalue weighted by Gasteiger charge is 2.30. The van der Waals surface area contributed by atoms with Gasteiger partial charge >= 0.3 is 6.18 Å². The first-order valence-corrected chi connectivity index (χ1v) is 8.56. The molecular formula is C20H17F4N3O. The van der Waals surface area contributed by atoms with E-state index in [2.05, 4.69) is 10.4 Å². The minimum atomic E-state index is -4.46. The second kappa shape index (κ2) is 7.84. The maximum Gasteiger partial charge on any atom is 0.416 e. The van der Waals surface area contributed by atoms with Crippen molar-refractivity contribution in [1.29, 1.82) is 0 Å². The van der Waals surface area contributed by atoms with Gasteiger partial charge in [0, 0.05) is 18.7 Å². The lowest BCUT2D eigenvalue weighted by molar-refractivity contribution is -0.137. The summed E-state index contributed by atoms with van der Waals surface area (Å²) in [6.45, 7) is 2.35. The van der Waals surface area contributed by atoms with E-state index in [1.807, 2.05) is 0 Å². The van der Waals surface area contributed by atoms with E-state index >= 15 is 0 Å². The summed E-state index contributed by atoms with van der Waals surface area (Å²) in [6, 6.07) is 12.0. The molecule has 4 nitrogen and oxygen atoms in total. The number of halogens is 4. The summed E-state index contributed by atoms with van der Waals surface area (Å²) >= 11 is 0. The van der Waals surface area contributed by atoms with E-state index in [1.54, 1.807) is 25.1 Å². The van der Waals surface area contributed by atoms with Crippen LogP contribution < -0.4 is 5.32 Å². The molecule has 28 heavy (non-hydrogen) atoms. The van der Waals surface area contributed by atoms with Gasteiger partial charge in [-0.1, -0.05) is 24.3 Å². The molecule has 0 unspecified atom stereocenters. The maximum atomic E-state index is 13.0. The quantitative estimate of drug-likeness (QED) is 0.643. The van der Waals surface area contributed by atoms with Crippen molar-refractivity contribution in [2.45, 2.75) is 26.2 Å². The van der Waals surface area contributed by atoms with Gasteiger partial charge in [-0.05, 0) is 42.8 Å². The van der Waals surface area contributed by atoms with Gasteiger partial charge < -0.3 is 5.32 Å². The number of benzene rings is 2. The summed E-state index contributed by atoms with van der Waals surface area (Å²) in [7, 11) is 0. The van der Waals surface area contributed by atoms with Crippen LogP contribution in [0, 0.1) is 5.82 Å². The maximum absolute atomic E-state index is 13.0.